The molecule has 1 aliphatic carbocycles. The van der Waals surface area contributed by atoms with Crippen molar-refractivity contribution < 1.29 is 9.59 Å². The average Bonchev–Trinajstić information content (AvgIpc) is 2.59. The van der Waals surface area contributed by atoms with Crippen molar-refractivity contribution in [2.24, 2.45) is 11.3 Å². The number of nitrogens with one attached hydrogen (secondary N) is 1. The van der Waals surface area contributed by atoms with Crippen molar-refractivity contribution in [2.75, 3.05) is 4.90 Å². The summed E-state index contributed by atoms with van der Waals surface area (Å²) in [5.74, 6) is 0.734. The van der Waals surface area contributed by atoms with Crippen LogP contribution in [0.15, 0.2) is 18.3 Å². The Morgan fingerprint density at radius 3 is 2.57 bits per heavy atom. The quantitative estimate of drug-likeness (QED) is 0.808. The number of aryl methyl sites for hydroxylation is 1. The van der Waals surface area contributed by atoms with Crippen molar-refractivity contribution in [3.8, 4) is 0 Å². The first-order chi connectivity index (χ1) is 9.74. The molecular weight excluding hydrogens is 266 g/mol. The number of hydrogen-bond donors (Lipinski definition) is 1. The molecule has 2 aliphatic rings. The van der Waals surface area contributed by atoms with Crippen molar-refractivity contribution in [3.63, 3.8) is 0 Å². The first kappa shape index (κ1) is 14.0. The Bertz CT molecular complexity index is 612. The van der Waals surface area contributed by atoms with Gasteiger partial charge in [0.25, 0.3) is 5.91 Å². The summed E-state index contributed by atoms with van der Waals surface area (Å²) in [6, 6.07) is 3.30. The number of amides is 3. The second-order valence-corrected chi connectivity index (χ2v) is 7.27. The molecule has 1 saturated carbocycles. The predicted octanol–water partition coefficient (Wildman–Crippen LogP) is 2.64. The fourth-order valence-electron chi connectivity index (χ4n) is 3.19. The van der Waals surface area contributed by atoms with Crippen LogP contribution in [0.5, 0.6) is 0 Å². The molecule has 2 heterocycles. The van der Waals surface area contributed by atoms with E-state index in [0.717, 1.165) is 5.56 Å². The predicted molar refractivity (Wildman–Crippen MR) is 79.9 cm³/mol. The van der Waals surface area contributed by atoms with Crippen LogP contribution in [0.3, 0.4) is 0 Å². The number of pyridine rings is 1. The molecule has 3 amide bonds. The maximum atomic E-state index is 12.7. The van der Waals surface area contributed by atoms with Gasteiger partial charge in [0.05, 0.1) is 0 Å². The van der Waals surface area contributed by atoms with Crippen molar-refractivity contribution in [3.05, 3.63) is 23.9 Å². The third-order valence-corrected chi connectivity index (χ3v) is 4.77. The highest BCUT2D eigenvalue weighted by Crippen LogP contribution is 2.50. The van der Waals surface area contributed by atoms with E-state index < -0.39 is 5.54 Å². The van der Waals surface area contributed by atoms with E-state index in [2.05, 4.69) is 31.1 Å². The van der Waals surface area contributed by atoms with Gasteiger partial charge in [-0.15, -0.1) is 0 Å². The maximum absolute atomic E-state index is 12.7. The lowest BCUT2D eigenvalue weighted by molar-refractivity contribution is -0.128. The van der Waals surface area contributed by atoms with E-state index >= 15 is 0 Å². The molecule has 3 rings (SSSR count). The van der Waals surface area contributed by atoms with Crippen LogP contribution < -0.4 is 10.2 Å². The Kier molecular flexibility index (Phi) is 2.87. The van der Waals surface area contributed by atoms with E-state index in [1.807, 2.05) is 13.0 Å². The van der Waals surface area contributed by atoms with Gasteiger partial charge in [-0.2, -0.15) is 0 Å². The first-order valence-electron chi connectivity index (χ1n) is 7.33. The van der Waals surface area contributed by atoms with Gasteiger partial charge >= 0.3 is 6.03 Å². The minimum atomic E-state index is -0.709. The van der Waals surface area contributed by atoms with Crippen molar-refractivity contribution in [1.29, 1.82) is 0 Å². The van der Waals surface area contributed by atoms with Crippen LogP contribution in [-0.4, -0.2) is 22.5 Å². The first-order valence-corrected chi connectivity index (χ1v) is 7.33. The van der Waals surface area contributed by atoms with Crippen LogP contribution in [0.4, 0.5) is 10.6 Å². The minimum absolute atomic E-state index is 0.157. The lowest BCUT2D eigenvalue weighted by atomic mass is 9.59. The topological polar surface area (TPSA) is 62.3 Å². The number of carbonyl (C=O) groups excluding carboxylic acids is 2. The number of carbonyl (C=O) groups is 2. The number of hydrogen-bond acceptors (Lipinski definition) is 3. The SMILES string of the molecule is Cc1cccnc1N1C(=O)NC2(CC(C(C)(C)C)C2)C1=O. The van der Waals surface area contributed by atoms with E-state index in [0.29, 0.717) is 24.6 Å². The zero-order valence-corrected chi connectivity index (χ0v) is 12.9. The Labute approximate surface area is 124 Å². The zero-order valence-electron chi connectivity index (χ0n) is 12.9. The standard InChI is InChI=1S/C16H21N3O2/c1-10-6-5-7-17-12(10)19-13(20)16(18-14(19)21)8-11(9-16)15(2,3)4/h5-7,11H,8-9H2,1-4H3,(H,18,21). The number of anilines is 1. The van der Waals surface area contributed by atoms with Gasteiger partial charge in [0.15, 0.2) is 0 Å². The van der Waals surface area contributed by atoms with Crippen molar-refractivity contribution >= 4 is 17.8 Å². The van der Waals surface area contributed by atoms with Crippen LogP contribution in [0.1, 0.15) is 39.2 Å². The van der Waals surface area contributed by atoms with Gasteiger partial charge in [0, 0.05) is 6.20 Å². The van der Waals surface area contributed by atoms with E-state index in [1.54, 1.807) is 12.3 Å². The van der Waals surface area contributed by atoms with E-state index in [-0.39, 0.29) is 17.4 Å². The summed E-state index contributed by atoms with van der Waals surface area (Å²) in [6.07, 6.45) is 3.03. The fourth-order valence-corrected chi connectivity index (χ4v) is 3.19. The maximum Gasteiger partial charge on any atom is 0.330 e. The third-order valence-electron chi connectivity index (χ3n) is 4.77. The monoisotopic (exact) mass is 287 g/mol. The molecule has 0 aromatic carbocycles. The van der Waals surface area contributed by atoms with Crippen LogP contribution in [0.2, 0.25) is 0 Å². The molecule has 1 spiro atoms. The molecule has 2 fully saturated rings. The molecule has 1 saturated heterocycles. The summed E-state index contributed by atoms with van der Waals surface area (Å²) < 4.78 is 0. The van der Waals surface area contributed by atoms with Crippen LogP contribution in [0, 0.1) is 18.3 Å². The third kappa shape index (κ3) is 2.03. The van der Waals surface area contributed by atoms with Gasteiger partial charge in [-0.3, -0.25) is 4.79 Å². The van der Waals surface area contributed by atoms with E-state index in [4.69, 9.17) is 0 Å². The molecule has 1 aromatic rings. The summed E-state index contributed by atoms with van der Waals surface area (Å²) in [6.45, 7) is 8.37. The Morgan fingerprint density at radius 1 is 1.33 bits per heavy atom. The molecule has 5 heteroatoms. The zero-order chi connectivity index (χ0) is 15.4. The molecular formula is C16H21N3O2. The number of urea groups is 1. The van der Waals surface area contributed by atoms with Gasteiger partial charge in [-0.25, -0.2) is 14.7 Å². The molecule has 1 aliphatic heterocycles. The molecule has 112 valence electrons. The highest BCUT2D eigenvalue weighted by atomic mass is 16.2. The summed E-state index contributed by atoms with van der Waals surface area (Å²) >= 11 is 0. The summed E-state index contributed by atoms with van der Waals surface area (Å²) in [4.78, 5) is 30.4. The number of aromatic nitrogens is 1. The highest BCUT2D eigenvalue weighted by molar-refractivity contribution is 6.23. The summed E-state index contributed by atoms with van der Waals surface area (Å²) in [5, 5.41) is 2.89. The normalized spacial score (nSPS) is 28.8. The Morgan fingerprint density at radius 2 is 2.00 bits per heavy atom. The van der Waals surface area contributed by atoms with Crippen LogP contribution in [0.25, 0.3) is 0 Å². The largest absolute Gasteiger partial charge is 0.330 e. The van der Waals surface area contributed by atoms with Crippen molar-refractivity contribution in [2.45, 2.75) is 46.1 Å². The molecule has 1 N–H and O–H groups in total. The molecule has 1 aromatic heterocycles. The summed E-state index contributed by atoms with van der Waals surface area (Å²) in [7, 11) is 0. The molecule has 21 heavy (non-hydrogen) atoms. The Balaban J connectivity index is 1.87. The van der Waals surface area contributed by atoms with E-state index in [9.17, 15) is 9.59 Å². The molecule has 5 nitrogen and oxygen atoms in total. The molecule has 0 atom stereocenters. The van der Waals surface area contributed by atoms with Gasteiger partial charge < -0.3 is 5.32 Å². The minimum Gasteiger partial charge on any atom is -0.323 e. The second kappa shape index (κ2) is 4.29. The second-order valence-electron chi connectivity index (χ2n) is 7.27. The molecule has 0 bridgehead atoms. The number of nitrogens with zero attached hydrogens (tertiary/aromatic N) is 2. The fraction of sp³-hybridized carbons (Fsp3) is 0.562. The average molecular weight is 287 g/mol. The smallest absolute Gasteiger partial charge is 0.323 e. The molecule has 0 unspecified atom stereocenters. The van der Waals surface area contributed by atoms with Crippen LogP contribution in [-0.2, 0) is 4.79 Å². The lowest BCUT2D eigenvalue weighted by Gasteiger charge is -2.48. The van der Waals surface area contributed by atoms with Gasteiger partial charge in [0.2, 0.25) is 0 Å². The Hall–Kier alpha value is -1.91. The van der Waals surface area contributed by atoms with Gasteiger partial charge in [-0.1, -0.05) is 26.8 Å². The number of rotatable bonds is 1. The van der Waals surface area contributed by atoms with E-state index in [1.165, 1.54) is 4.90 Å². The molecule has 0 radical (unpaired) electrons. The number of imide groups is 1. The van der Waals surface area contributed by atoms with Gasteiger partial charge in [-0.05, 0) is 42.7 Å². The van der Waals surface area contributed by atoms with Crippen molar-refractivity contribution in [1.82, 2.24) is 10.3 Å². The highest BCUT2D eigenvalue weighted by Gasteiger charge is 2.61. The lowest BCUT2D eigenvalue weighted by Crippen LogP contribution is -2.59. The summed E-state index contributed by atoms with van der Waals surface area (Å²) in [5.41, 5.74) is 0.272. The van der Waals surface area contributed by atoms with Gasteiger partial charge in [0.1, 0.15) is 11.4 Å². The van der Waals surface area contributed by atoms with Crippen LogP contribution >= 0.6 is 0 Å².